The number of carboxylic acid groups (broad SMARTS) is 1. The first-order valence-electron chi connectivity index (χ1n) is 13.1. The standard InChI is InChI=1S/C30H40N2O5/c1-17-9-11-22(12-10-17)25-20(4)23-14-31(29(35)32-13-19(3)36-16-18(32)2)15-24(23)21(5)26(25)27(28(33)34)37-30(6,7)8/h9-12,18-19,27H,13-16H2,1-8H3,(H,33,34)/t18-,19+,27+/m1/s1. The van der Waals surface area contributed by atoms with Crippen LogP contribution in [-0.4, -0.2) is 57.8 Å². The smallest absolute Gasteiger partial charge is 0.337 e. The molecule has 0 aromatic heterocycles. The van der Waals surface area contributed by atoms with Crippen LogP contribution >= 0.6 is 0 Å². The molecule has 2 heterocycles. The number of carboxylic acids is 1. The van der Waals surface area contributed by atoms with E-state index in [1.807, 2.05) is 89.5 Å². The quantitative estimate of drug-likeness (QED) is 0.568. The van der Waals surface area contributed by atoms with Gasteiger partial charge in [-0.3, -0.25) is 0 Å². The number of carbonyl (C=O) groups excluding carboxylic acids is 1. The van der Waals surface area contributed by atoms with Gasteiger partial charge in [0.05, 0.1) is 24.4 Å². The molecule has 2 aromatic carbocycles. The number of aliphatic carboxylic acids is 1. The number of ether oxygens (including phenoxy) is 2. The third kappa shape index (κ3) is 5.39. The summed E-state index contributed by atoms with van der Waals surface area (Å²) in [4.78, 5) is 30.0. The first kappa shape index (κ1) is 27.1. The van der Waals surface area contributed by atoms with Gasteiger partial charge in [0.2, 0.25) is 0 Å². The Morgan fingerprint density at radius 3 is 2.19 bits per heavy atom. The Bertz CT molecular complexity index is 1200. The molecular formula is C30H40N2O5. The minimum Gasteiger partial charge on any atom is -0.479 e. The number of fused-ring (bicyclic) bond motifs is 1. The van der Waals surface area contributed by atoms with E-state index in [1.165, 1.54) is 0 Å². The average molecular weight is 509 g/mol. The van der Waals surface area contributed by atoms with Gasteiger partial charge in [-0.2, -0.15) is 0 Å². The summed E-state index contributed by atoms with van der Waals surface area (Å²) >= 11 is 0. The molecule has 2 amide bonds. The van der Waals surface area contributed by atoms with Gasteiger partial charge < -0.3 is 24.4 Å². The van der Waals surface area contributed by atoms with Gasteiger partial charge in [0, 0.05) is 25.2 Å². The minimum absolute atomic E-state index is 0.000727. The molecule has 0 bridgehead atoms. The number of hydrogen-bond acceptors (Lipinski definition) is 4. The average Bonchev–Trinajstić information content (AvgIpc) is 3.27. The molecule has 3 atom stereocenters. The second-order valence-corrected chi connectivity index (χ2v) is 11.6. The van der Waals surface area contributed by atoms with Crippen molar-refractivity contribution in [1.29, 1.82) is 0 Å². The Morgan fingerprint density at radius 1 is 1.03 bits per heavy atom. The second kappa shape index (κ2) is 10.1. The molecular weight excluding hydrogens is 468 g/mol. The van der Waals surface area contributed by atoms with Crippen LogP contribution in [0.2, 0.25) is 0 Å². The predicted molar refractivity (Wildman–Crippen MR) is 144 cm³/mol. The van der Waals surface area contributed by atoms with Crippen LogP contribution in [0.3, 0.4) is 0 Å². The van der Waals surface area contributed by atoms with E-state index in [4.69, 9.17) is 9.47 Å². The summed E-state index contributed by atoms with van der Waals surface area (Å²) in [7, 11) is 0. The Hall–Kier alpha value is -2.90. The largest absolute Gasteiger partial charge is 0.479 e. The first-order chi connectivity index (χ1) is 17.3. The lowest BCUT2D eigenvalue weighted by molar-refractivity contribution is -0.160. The Balaban J connectivity index is 1.84. The van der Waals surface area contributed by atoms with E-state index in [2.05, 4.69) is 0 Å². The zero-order valence-corrected chi connectivity index (χ0v) is 23.3. The highest BCUT2D eigenvalue weighted by Crippen LogP contribution is 2.44. The van der Waals surface area contributed by atoms with Crippen LogP contribution in [0.5, 0.6) is 0 Å². The fourth-order valence-electron chi connectivity index (χ4n) is 5.51. The van der Waals surface area contributed by atoms with E-state index < -0.39 is 17.7 Å². The molecule has 2 aromatic rings. The molecule has 0 radical (unpaired) electrons. The summed E-state index contributed by atoms with van der Waals surface area (Å²) in [6.45, 7) is 17.7. The van der Waals surface area contributed by atoms with Crippen LogP contribution in [0, 0.1) is 20.8 Å². The number of benzene rings is 2. The lowest BCUT2D eigenvalue weighted by Gasteiger charge is -2.38. The summed E-state index contributed by atoms with van der Waals surface area (Å²) < 4.78 is 11.9. The van der Waals surface area contributed by atoms with Crippen molar-refractivity contribution in [2.75, 3.05) is 13.2 Å². The van der Waals surface area contributed by atoms with E-state index in [0.29, 0.717) is 31.8 Å². The van der Waals surface area contributed by atoms with Crippen molar-refractivity contribution >= 4 is 12.0 Å². The third-order valence-corrected chi connectivity index (χ3v) is 7.44. The third-order valence-electron chi connectivity index (χ3n) is 7.44. The summed E-state index contributed by atoms with van der Waals surface area (Å²) in [6, 6.07) is 8.16. The second-order valence-electron chi connectivity index (χ2n) is 11.6. The van der Waals surface area contributed by atoms with Gasteiger partial charge in [0.25, 0.3) is 0 Å². The fraction of sp³-hybridized carbons (Fsp3) is 0.533. The van der Waals surface area contributed by atoms with Gasteiger partial charge in [-0.25, -0.2) is 9.59 Å². The van der Waals surface area contributed by atoms with Crippen LogP contribution in [-0.2, 0) is 27.4 Å². The number of carbonyl (C=O) groups is 2. The van der Waals surface area contributed by atoms with Crippen molar-refractivity contribution < 1.29 is 24.2 Å². The lowest BCUT2D eigenvalue weighted by Crippen LogP contribution is -2.53. The van der Waals surface area contributed by atoms with E-state index in [-0.39, 0.29) is 18.2 Å². The van der Waals surface area contributed by atoms with Crippen molar-refractivity contribution in [2.24, 2.45) is 0 Å². The van der Waals surface area contributed by atoms with Crippen molar-refractivity contribution in [1.82, 2.24) is 9.80 Å². The molecule has 2 aliphatic rings. The Labute approximate surface area is 220 Å². The van der Waals surface area contributed by atoms with Crippen LogP contribution in [0.25, 0.3) is 11.1 Å². The summed E-state index contributed by atoms with van der Waals surface area (Å²) in [5.74, 6) is -1.02. The molecule has 0 spiro atoms. The van der Waals surface area contributed by atoms with E-state index in [0.717, 1.165) is 38.9 Å². The molecule has 2 aliphatic heterocycles. The molecule has 7 heteroatoms. The molecule has 7 nitrogen and oxygen atoms in total. The highest BCUT2D eigenvalue weighted by atomic mass is 16.5. The normalized spacial score (nSPS) is 20.6. The number of morpholine rings is 1. The molecule has 0 unspecified atom stereocenters. The van der Waals surface area contributed by atoms with Crippen LogP contribution < -0.4 is 0 Å². The number of amides is 2. The van der Waals surface area contributed by atoms with Crippen molar-refractivity contribution in [3.63, 3.8) is 0 Å². The maximum absolute atomic E-state index is 13.6. The molecule has 0 aliphatic carbocycles. The number of rotatable bonds is 4. The van der Waals surface area contributed by atoms with E-state index >= 15 is 0 Å². The summed E-state index contributed by atoms with van der Waals surface area (Å²) in [5.41, 5.74) is 6.99. The monoisotopic (exact) mass is 508 g/mol. The van der Waals surface area contributed by atoms with Gasteiger partial charge >= 0.3 is 12.0 Å². The van der Waals surface area contributed by atoms with Gasteiger partial charge in [0.15, 0.2) is 6.10 Å². The van der Waals surface area contributed by atoms with E-state index in [9.17, 15) is 14.7 Å². The summed E-state index contributed by atoms with van der Waals surface area (Å²) in [5, 5.41) is 10.3. The number of nitrogens with zero attached hydrogens (tertiary/aromatic N) is 2. The zero-order chi connectivity index (χ0) is 27.2. The fourth-order valence-corrected chi connectivity index (χ4v) is 5.51. The number of aryl methyl sites for hydroxylation is 1. The molecule has 0 saturated carbocycles. The highest BCUT2D eigenvalue weighted by Gasteiger charge is 2.38. The molecule has 4 rings (SSSR count). The SMILES string of the molecule is Cc1ccc(-c2c(C)c3c(c(C)c2[C@H](OC(C)(C)C)C(=O)O)CN(C(=O)N2C[C@H](C)OC[C@H]2C)C3)cc1. The number of urea groups is 1. The lowest BCUT2D eigenvalue weighted by atomic mass is 9.83. The van der Waals surface area contributed by atoms with Crippen molar-refractivity contribution in [3.05, 3.63) is 57.6 Å². The molecule has 200 valence electrons. The van der Waals surface area contributed by atoms with Crippen molar-refractivity contribution in [3.8, 4) is 11.1 Å². The maximum Gasteiger partial charge on any atom is 0.337 e. The van der Waals surface area contributed by atoms with Gasteiger partial charge in [-0.05, 0) is 88.8 Å². The Kier molecular flexibility index (Phi) is 7.41. The van der Waals surface area contributed by atoms with Crippen LogP contribution in [0.15, 0.2) is 24.3 Å². The van der Waals surface area contributed by atoms with Gasteiger partial charge in [0.1, 0.15) is 0 Å². The first-order valence-corrected chi connectivity index (χ1v) is 13.1. The highest BCUT2D eigenvalue weighted by molar-refractivity contribution is 5.85. The maximum atomic E-state index is 13.6. The minimum atomic E-state index is -1.13. The predicted octanol–water partition coefficient (Wildman–Crippen LogP) is 5.76. The zero-order valence-electron chi connectivity index (χ0n) is 23.3. The van der Waals surface area contributed by atoms with Gasteiger partial charge in [-0.15, -0.1) is 0 Å². The van der Waals surface area contributed by atoms with Gasteiger partial charge in [-0.1, -0.05) is 29.8 Å². The topological polar surface area (TPSA) is 79.3 Å². The summed E-state index contributed by atoms with van der Waals surface area (Å²) in [6.07, 6.45) is -1.13. The number of hydrogen-bond donors (Lipinski definition) is 1. The van der Waals surface area contributed by atoms with Crippen LogP contribution in [0.4, 0.5) is 4.79 Å². The molecule has 1 saturated heterocycles. The van der Waals surface area contributed by atoms with E-state index in [1.54, 1.807) is 0 Å². The van der Waals surface area contributed by atoms with Crippen molar-refractivity contribution in [2.45, 2.75) is 92.3 Å². The molecule has 1 fully saturated rings. The molecule has 37 heavy (non-hydrogen) atoms. The Morgan fingerprint density at radius 2 is 1.62 bits per heavy atom. The molecule has 1 N–H and O–H groups in total. The van der Waals surface area contributed by atoms with Crippen LogP contribution in [0.1, 0.15) is 74.1 Å².